The monoisotopic (exact) mass is 441 g/mol. The van der Waals surface area contributed by atoms with Crippen molar-refractivity contribution in [3.8, 4) is 17.6 Å². The molecule has 2 saturated heterocycles. The minimum absolute atomic E-state index is 0.171. The Morgan fingerprint density at radius 2 is 1.88 bits per heavy atom. The number of rotatable bonds is 5. The van der Waals surface area contributed by atoms with Gasteiger partial charge in [0.1, 0.15) is 11.6 Å². The quantitative estimate of drug-likeness (QED) is 0.711. The molecule has 2 aromatic rings. The van der Waals surface area contributed by atoms with E-state index in [0.717, 1.165) is 54.8 Å². The Morgan fingerprint density at radius 1 is 1.12 bits per heavy atom. The molecule has 1 saturated carbocycles. The average Bonchev–Trinajstić information content (AvgIpc) is 3.44. The predicted molar refractivity (Wildman–Crippen MR) is 122 cm³/mol. The van der Waals surface area contributed by atoms with Crippen LogP contribution in [0.4, 0.5) is 20.5 Å². The fourth-order valence-corrected chi connectivity index (χ4v) is 4.30. The summed E-state index contributed by atoms with van der Waals surface area (Å²) in [5.41, 5.74) is 1.54. The summed E-state index contributed by atoms with van der Waals surface area (Å²) < 4.78 is 32.9. The van der Waals surface area contributed by atoms with Crippen molar-refractivity contribution in [2.75, 3.05) is 50.1 Å². The van der Waals surface area contributed by atoms with Crippen molar-refractivity contribution < 1.29 is 13.5 Å². The maximum absolute atomic E-state index is 13.7. The summed E-state index contributed by atoms with van der Waals surface area (Å²) in [7, 11) is 1.64. The zero-order valence-electron chi connectivity index (χ0n) is 18.5. The van der Waals surface area contributed by atoms with Gasteiger partial charge in [-0.05, 0) is 50.9 Å². The van der Waals surface area contributed by atoms with Gasteiger partial charge in [0, 0.05) is 37.4 Å². The van der Waals surface area contributed by atoms with Crippen LogP contribution in [0.15, 0.2) is 12.1 Å². The van der Waals surface area contributed by atoms with Gasteiger partial charge in [0.05, 0.1) is 24.7 Å². The average molecular weight is 442 g/mol. The second kappa shape index (κ2) is 8.70. The van der Waals surface area contributed by atoms with E-state index in [4.69, 9.17) is 14.7 Å². The Hall–Kier alpha value is -2.66. The lowest BCUT2D eigenvalue weighted by Gasteiger charge is -2.32. The first kappa shape index (κ1) is 21.2. The van der Waals surface area contributed by atoms with E-state index < -0.39 is 5.92 Å². The van der Waals surface area contributed by atoms with Crippen molar-refractivity contribution in [3.05, 3.63) is 17.7 Å². The number of benzene rings is 1. The van der Waals surface area contributed by atoms with E-state index in [1.54, 1.807) is 7.11 Å². The SMILES string of the molecule is COc1cc2c(NC3CC3)nc(N3CCC(F)(F)CC3)nc2cc1C#CCN1CCCC1. The van der Waals surface area contributed by atoms with Gasteiger partial charge in [-0.2, -0.15) is 4.98 Å². The molecule has 1 N–H and O–H groups in total. The largest absolute Gasteiger partial charge is 0.495 e. The van der Waals surface area contributed by atoms with Gasteiger partial charge < -0.3 is 15.0 Å². The highest BCUT2D eigenvalue weighted by molar-refractivity contribution is 5.93. The highest BCUT2D eigenvalue weighted by Crippen LogP contribution is 2.35. The van der Waals surface area contributed by atoms with Crippen LogP contribution in [0.1, 0.15) is 44.1 Å². The summed E-state index contributed by atoms with van der Waals surface area (Å²) in [6, 6.07) is 4.28. The van der Waals surface area contributed by atoms with Crippen LogP contribution in [0.5, 0.6) is 5.75 Å². The molecule has 8 heteroatoms. The second-order valence-electron chi connectivity index (χ2n) is 8.99. The van der Waals surface area contributed by atoms with Gasteiger partial charge in [-0.15, -0.1) is 0 Å². The van der Waals surface area contributed by atoms with Crippen LogP contribution in [0, 0.1) is 11.8 Å². The third kappa shape index (κ3) is 4.73. The molecule has 0 spiro atoms. The minimum atomic E-state index is -2.60. The molecule has 6 nitrogen and oxygen atoms in total. The number of methoxy groups -OCH3 is 1. The normalized spacial score (nSPS) is 20.8. The summed E-state index contributed by atoms with van der Waals surface area (Å²) in [4.78, 5) is 13.7. The number of nitrogens with one attached hydrogen (secondary N) is 1. The van der Waals surface area contributed by atoms with Crippen LogP contribution in [-0.2, 0) is 0 Å². The predicted octanol–water partition coefficient (Wildman–Crippen LogP) is 3.90. The number of anilines is 2. The molecule has 0 bridgehead atoms. The Morgan fingerprint density at radius 3 is 2.56 bits per heavy atom. The molecule has 0 amide bonds. The van der Waals surface area contributed by atoms with Crippen LogP contribution in [0.25, 0.3) is 10.9 Å². The van der Waals surface area contributed by atoms with E-state index in [1.807, 2.05) is 17.0 Å². The Kier molecular flexibility index (Phi) is 5.76. The smallest absolute Gasteiger partial charge is 0.251 e. The van der Waals surface area contributed by atoms with E-state index in [0.29, 0.717) is 17.7 Å². The lowest BCUT2D eigenvalue weighted by atomic mass is 10.1. The lowest BCUT2D eigenvalue weighted by Crippen LogP contribution is -2.40. The number of nitrogens with zero attached hydrogens (tertiary/aromatic N) is 4. The number of hydrogen-bond acceptors (Lipinski definition) is 6. The summed E-state index contributed by atoms with van der Waals surface area (Å²) in [6.07, 6.45) is 4.34. The molecule has 1 aromatic carbocycles. The van der Waals surface area contributed by atoms with Crippen LogP contribution in [-0.4, -0.2) is 66.7 Å². The molecule has 3 fully saturated rings. The number of halogens is 2. The van der Waals surface area contributed by atoms with E-state index in [2.05, 4.69) is 22.1 Å². The fourth-order valence-electron chi connectivity index (χ4n) is 4.30. The van der Waals surface area contributed by atoms with Crippen molar-refractivity contribution in [3.63, 3.8) is 0 Å². The van der Waals surface area contributed by atoms with Gasteiger partial charge in [-0.3, -0.25) is 4.90 Å². The molecule has 5 rings (SSSR count). The van der Waals surface area contributed by atoms with Gasteiger partial charge in [0.2, 0.25) is 5.95 Å². The molecule has 170 valence electrons. The third-order valence-electron chi connectivity index (χ3n) is 6.43. The number of fused-ring (bicyclic) bond motifs is 1. The number of likely N-dealkylation sites (tertiary alicyclic amines) is 1. The molecule has 3 aliphatic rings. The number of alkyl halides is 2. The standard InChI is InChI=1S/C24H29F2N5O/c1-32-21-16-19-20(15-17(21)5-4-12-30-10-2-3-11-30)28-23(29-22(19)27-18-6-7-18)31-13-8-24(25,26)9-14-31/h15-16,18H,2-3,6-14H2,1H3,(H,27,28,29). The zero-order valence-corrected chi connectivity index (χ0v) is 18.5. The lowest BCUT2D eigenvalue weighted by molar-refractivity contribution is -0.0222. The van der Waals surface area contributed by atoms with E-state index in [1.165, 1.54) is 12.8 Å². The summed E-state index contributed by atoms with van der Waals surface area (Å²) in [6.45, 7) is 3.45. The molecule has 3 heterocycles. The first-order chi connectivity index (χ1) is 15.5. The van der Waals surface area contributed by atoms with E-state index in [9.17, 15) is 8.78 Å². The Bertz CT molecular complexity index is 1040. The molecule has 0 atom stereocenters. The van der Waals surface area contributed by atoms with Crippen molar-refractivity contribution in [1.82, 2.24) is 14.9 Å². The van der Waals surface area contributed by atoms with Gasteiger partial charge in [-0.25, -0.2) is 13.8 Å². The summed E-state index contributed by atoms with van der Waals surface area (Å²) in [5.74, 6) is 5.85. The van der Waals surface area contributed by atoms with Gasteiger partial charge in [-0.1, -0.05) is 11.8 Å². The maximum Gasteiger partial charge on any atom is 0.251 e. The maximum atomic E-state index is 13.7. The van der Waals surface area contributed by atoms with Crippen LogP contribution in [0.2, 0.25) is 0 Å². The molecule has 1 aliphatic carbocycles. The fraction of sp³-hybridized carbons (Fsp3) is 0.583. The zero-order chi connectivity index (χ0) is 22.1. The van der Waals surface area contributed by atoms with Crippen LogP contribution in [0.3, 0.4) is 0 Å². The highest BCUT2D eigenvalue weighted by Gasteiger charge is 2.35. The highest BCUT2D eigenvalue weighted by atomic mass is 19.3. The Labute approximate surface area is 187 Å². The number of ether oxygens (including phenoxy) is 1. The third-order valence-corrected chi connectivity index (χ3v) is 6.43. The summed E-state index contributed by atoms with van der Waals surface area (Å²) >= 11 is 0. The number of aromatic nitrogens is 2. The van der Waals surface area contributed by atoms with E-state index in [-0.39, 0.29) is 25.9 Å². The van der Waals surface area contributed by atoms with Crippen molar-refractivity contribution in [1.29, 1.82) is 0 Å². The number of piperidine rings is 1. The van der Waals surface area contributed by atoms with Crippen molar-refractivity contribution in [2.45, 2.75) is 50.5 Å². The second-order valence-corrected chi connectivity index (χ2v) is 8.99. The first-order valence-corrected chi connectivity index (χ1v) is 11.5. The summed E-state index contributed by atoms with van der Waals surface area (Å²) in [5, 5.41) is 4.35. The minimum Gasteiger partial charge on any atom is -0.495 e. The first-order valence-electron chi connectivity index (χ1n) is 11.5. The molecule has 0 radical (unpaired) electrons. The van der Waals surface area contributed by atoms with Crippen LogP contribution < -0.4 is 15.0 Å². The Balaban J connectivity index is 1.49. The molecule has 2 aliphatic heterocycles. The molecule has 0 unspecified atom stereocenters. The molecular formula is C24H29F2N5O. The topological polar surface area (TPSA) is 53.5 Å². The number of hydrogen-bond donors (Lipinski definition) is 1. The van der Waals surface area contributed by atoms with E-state index >= 15 is 0 Å². The van der Waals surface area contributed by atoms with Crippen molar-refractivity contribution in [2.24, 2.45) is 0 Å². The van der Waals surface area contributed by atoms with Gasteiger partial charge in [0.25, 0.3) is 5.92 Å². The molecule has 32 heavy (non-hydrogen) atoms. The van der Waals surface area contributed by atoms with Gasteiger partial charge in [0.15, 0.2) is 0 Å². The van der Waals surface area contributed by atoms with Crippen molar-refractivity contribution >= 4 is 22.7 Å². The molecular weight excluding hydrogens is 412 g/mol. The van der Waals surface area contributed by atoms with Gasteiger partial charge >= 0.3 is 0 Å². The molecule has 1 aromatic heterocycles. The van der Waals surface area contributed by atoms with Crippen LogP contribution >= 0.6 is 0 Å².